The summed E-state index contributed by atoms with van der Waals surface area (Å²) in [4.78, 5) is 0. The highest BCUT2D eigenvalue weighted by Gasteiger charge is 2.41. The molecule has 0 aromatic carbocycles. The summed E-state index contributed by atoms with van der Waals surface area (Å²) in [6.45, 7) is 1.97. The van der Waals surface area contributed by atoms with E-state index in [1.165, 1.54) is 64.2 Å². The first kappa shape index (κ1) is 13.8. The second-order valence-corrected chi connectivity index (χ2v) is 6.90. The van der Waals surface area contributed by atoms with Gasteiger partial charge >= 0.3 is 0 Å². The van der Waals surface area contributed by atoms with Crippen LogP contribution in [0.5, 0.6) is 0 Å². The van der Waals surface area contributed by atoms with E-state index in [1.54, 1.807) is 0 Å². The molecule has 0 bridgehead atoms. The van der Waals surface area contributed by atoms with Crippen molar-refractivity contribution in [2.75, 3.05) is 20.3 Å². The van der Waals surface area contributed by atoms with E-state index in [9.17, 15) is 0 Å². The SMILES string of the molecule is COC1(CNC2CCOC3(CCCCC3)C2)CCC1. The Labute approximate surface area is 117 Å². The van der Waals surface area contributed by atoms with E-state index in [0.717, 1.165) is 13.2 Å². The predicted octanol–water partition coefficient (Wildman–Crippen LogP) is 3.03. The number of methoxy groups -OCH3 is 1. The van der Waals surface area contributed by atoms with Crippen molar-refractivity contribution in [3.05, 3.63) is 0 Å². The van der Waals surface area contributed by atoms with Crippen molar-refractivity contribution in [2.24, 2.45) is 0 Å². The minimum Gasteiger partial charge on any atom is -0.377 e. The first-order chi connectivity index (χ1) is 9.26. The largest absolute Gasteiger partial charge is 0.377 e. The van der Waals surface area contributed by atoms with Crippen LogP contribution in [-0.4, -0.2) is 37.5 Å². The lowest BCUT2D eigenvalue weighted by atomic mass is 9.77. The zero-order valence-corrected chi connectivity index (χ0v) is 12.4. The molecule has 2 aliphatic carbocycles. The van der Waals surface area contributed by atoms with Gasteiger partial charge in [0, 0.05) is 26.3 Å². The molecule has 3 rings (SSSR count). The Morgan fingerprint density at radius 2 is 1.89 bits per heavy atom. The van der Waals surface area contributed by atoms with E-state index in [4.69, 9.17) is 9.47 Å². The molecule has 1 spiro atoms. The van der Waals surface area contributed by atoms with Gasteiger partial charge < -0.3 is 14.8 Å². The molecule has 0 aromatic heterocycles. The topological polar surface area (TPSA) is 30.5 Å². The molecule has 3 fully saturated rings. The van der Waals surface area contributed by atoms with E-state index in [0.29, 0.717) is 6.04 Å². The van der Waals surface area contributed by atoms with E-state index in [1.807, 2.05) is 7.11 Å². The fourth-order valence-corrected chi connectivity index (χ4v) is 4.10. The van der Waals surface area contributed by atoms with Crippen molar-refractivity contribution in [1.29, 1.82) is 0 Å². The Balaban J connectivity index is 1.50. The van der Waals surface area contributed by atoms with Crippen LogP contribution in [0.2, 0.25) is 0 Å². The molecule has 1 N–H and O–H groups in total. The Kier molecular flexibility index (Phi) is 4.16. The zero-order valence-electron chi connectivity index (χ0n) is 12.4. The molecule has 1 atom stereocenters. The van der Waals surface area contributed by atoms with Gasteiger partial charge in [0.25, 0.3) is 0 Å². The van der Waals surface area contributed by atoms with Gasteiger partial charge in [-0.15, -0.1) is 0 Å². The van der Waals surface area contributed by atoms with Crippen molar-refractivity contribution < 1.29 is 9.47 Å². The molecular formula is C16H29NO2. The summed E-state index contributed by atoms with van der Waals surface area (Å²) in [7, 11) is 1.87. The Morgan fingerprint density at radius 1 is 1.11 bits per heavy atom. The van der Waals surface area contributed by atoms with Gasteiger partial charge in [-0.2, -0.15) is 0 Å². The molecule has 3 aliphatic rings. The summed E-state index contributed by atoms with van der Waals surface area (Å²) in [5, 5.41) is 3.78. The maximum Gasteiger partial charge on any atom is 0.0802 e. The van der Waals surface area contributed by atoms with Gasteiger partial charge in [0.1, 0.15) is 0 Å². The number of hydrogen-bond donors (Lipinski definition) is 1. The molecule has 110 valence electrons. The first-order valence-electron chi connectivity index (χ1n) is 8.19. The van der Waals surface area contributed by atoms with Crippen LogP contribution in [0.25, 0.3) is 0 Å². The molecule has 3 nitrogen and oxygen atoms in total. The van der Waals surface area contributed by atoms with Gasteiger partial charge in [-0.25, -0.2) is 0 Å². The average Bonchev–Trinajstić information content (AvgIpc) is 2.39. The van der Waals surface area contributed by atoms with Crippen LogP contribution in [0.4, 0.5) is 0 Å². The van der Waals surface area contributed by atoms with E-state index >= 15 is 0 Å². The first-order valence-corrected chi connectivity index (χ1v) is 8.19. The maximum atomic E-state index is 6.16. The average molecular weight is 267 g/mol. The highest BCUT2D eigenvalue weighted by molar-refractivity contribution is 4.96. The van der Waals surface area contributed by atoms with Crippen molar-refractivity contribution in [2.45, 2.75) is 81.5 Å². The number of rotatable bonds is 4. The van der Waals surface area contributed by atoms with E-state index < -0.39 is 0 Å². The normalized spacial score (nSPS) is 33.0. The van der Waals surface area contributed by atoms with Gasteiger partial charge in [0.2, 0.25) is 0 Å². The smallest absolute Gasteiger partial charge is 0.0802 e. The third kappa shape index (κ3) is 2.98. The third-order valence-electron chi connectivity index (χ3n) is 5.67. The fourth-order valence-electron chi connectivity index (χ4n) is 4.10. The second-order valence-electron chi connectivity index (χ2n) is 6.90. The van der Waals surface area contributed by atoms with Crippen molar-refractivity contribution in [1.82, 2.24) is 5.32 Å². The van der Waals surface area contributed by atoms with Crippen LogP contribution in [0.15, 0.2) is 0 Å². The van der Waals surface area contributed by atoms with Crippen LogP contribution in [-0.2, 0) is 9.47 Å². The predicted molar refractivity (Wildman–Crippen MR) is 76.4 cm³/mol. The molecule has 19 heavy (non-hydrogen) atoms. The Bertz CT molecular complexity index is 284. The van der Waals surface area contributed by atoms with Crippen LogP contribution >= 0.6 is 0 Å². The standard InChI is InChI=1S/C16H29NO2/c1-18-16(9-5-10-16)13-17-14-6-11-19-15(12-14)7-3-2-4-8-15/h14,17H,2-13H2,1H3. The molecular weight excluding hydrogens is 238 g/mol. The minimum absolute atomic E-state index is 0.151. The summed E-state index contributed by atoms with van der Waals surface area (Å²) in [6.07, 6.45) is 12.8. The van der Waals surface area contributed by atoms with Crippen LogP contribution in [0.1, 0.15) is 64.2 Å². The van der Waals surface area contributed by atoms with Crippen LogP contribution < -0.4 is 5.32 Å². The number of nitrogens with one attached hydrogen (secondary N) is 1. The monoisotopic (exact) mass is 267 g/mol. The Hall–Kier alpha value is -0.120. The number of hydrogen-bond acceptors (Lipinski definition) is 3. The summed E-state index contributed by atoms with van der Waals surface area (Å²) >= 11 is 0. The molecule has 1 heterocycles. The van der Waals surface area contributed by atoms with Gasteiger partial charge in [0.05, 0.1) is 11.2 Å². The molecule has 1 saturated heterocycles. The second kappa shape index (κ2) is 5.71. The van der Waals surface area contributed by atoms with E-state index in [-0.39, 0.29) is 11.2 Å². The molecule has 1 unspecified atom stereocenters. The lowest BCUT2D eigenvalue weighted by Gasteiger charge is -2.46. The van der Waals surface area contributed by atoms with E-state index in [2.05, 4.69) is 5.32 Å². The molecule has 0 radical (unpaired) electrons. The zero-order chi connectivity index (χ0) is 13.2. The molecule has 2 saturated carbocycles. The minimum atomic E-state index is 0.151. The third-order valence-corrected chi connectivity index (χ3v) is 5.67. The van der Waals surface area contributed by atoms with Gasteiger partial charge in [0.15, 0.2) is 0 Å². The van der Waals surface area contributed by atoms with Gasteiger partial charge in [-0.1, -0.05) is 19.3 Å². The highest BCUT2D eigenvalue weighted by Crippen LogP contribution is 2.39. The van der Waals surface area contributed by atoms with Gasteiger partial charge in [-0.3, -0.25) is 0 Å². The maximum absolute atomic E-state index is 6.16. The quantitative estimate of drug-likeness (QED) is 0.849. The summed E-state index contributed by atoms with van der Waals surface area (Å²) < 4.78 is 11.9. The van der Waals surface area contributed by atoms with Crippen molar-refractivity contribution >= 4 is 0 Å². The number of ether oxygens (including phenoxy) is 2. The van der Waals surface area contributed by atoms with Crippen molar-refractivity contribution in [3.63, 3.8) is 0 Å². The van der Waals surface area contributed by atoms with Crippen LogP contribution in [0, 0.1) is 0 Å². The fraction of sp³-hybridized carbons (Fsp3) is 1.00. The molecule has 0 aromatic rings. The lowest BCUT2D eigenvalue weighted by Crippen LogP contribution is -2.54. The van der Waals surface area contributed by atoms with Crippen molar-refractivity contribution in [3.8, 4) is 0 Å². The van der Waals surface area contributed by atoms with Gasteiger partial charge in [-0.05, 0) is 44.9 Å². The van der Waals surface area contributed by atoms with Crippen LogP contribution in [0.3, 0.4) is 0 Å². The summed E-state index contributed by atoms with van der Waals surface area (Å²) in [5.41, 5.74) is 0.367. The molecule has 3 heteroatoms. The summed E-state index contributed by atoms with van der Waals surface area (Å²) in [5.74, 6) is 0. The molecule has 0 amide bonds. The lowest BCUT2D eigenvalue weighted by molar-refractivity contribution is -0.115. The highest BCUT2D eigenvalue weighted by atomic mass is 16.5. The Morgan fingerprint density at radius 3 is 2.53 bits per heavy atom. The summed E-state index contributed by atoms with van der Waals surface area (Å²) in [6, 6.07) is 0.638. The molecule has 1 aliphatic heterocycles.